The van der Waals surface area contributed by atoms with Crippen molar-refractivity contribution < 1.29 is 14.3 Å². The Kier molecular flexibility index (Phi) is 3.73. The topological polar surface area (TPSA) is 52.9 Å². The minimum atomic E-state index is -1.56. The Hall–Kier alpha value is -2.53. The largest absolute Gasteiger partial charge is 0.365 e. The maximum atomic E-state index is 13.0. The summed E-state index contributed by atoms with van der Waals surface area (Å²) < 4.78 is 13.0. The van der Waals surface area contributed by atoms with Gasteiger partial charge < -0.3 is 5.11 Å². The van der Waals surface area contributed by atoms with Crippen LogP contribution in [0.2, 0.25) is 0 Å². The molecule has 112 valence electrons. The first-order chi connectivity index (χ1) is 10.6. The molecular formula is C17H15FN2O2. The zero-order valence-corrected chi connectivity index (χ0v) is 11.8. The molecule has 3 rings (SSSR count). The second-order valence-corrected chi connectivity index (χ2v) is 5.19. The highest BCUT2D eigenvalue weighted by atomic mass is 19.1. The van der Waals surface area contributed by atoms with Gasteiger partial charge in [0.15, 0.2) is 5.72 Å². The molecule has 5 heteroatoms. The fourth-order valence-electron chi connectivity index (χ4n) is 2.50. The van der Waals surface area contributed by atoms with Crippen molar-refractivity contribution in [3.05, 3.63) is 71.5 Å². The number of benzene rings is 2. The van der Waals surface area contributed by atoms with Crippen LogP contribution in [0, 0.1) is 5.82 Å². The van der Waals surface area contributed by atoms with Crippen LogP contribution in [-0.2, 0) is 16.9 Å². The Morgan fingerprint density at radius 3 is 2.55 bits per heavy atom. The number of halogens is 1. The minimum Gasteiger partial charge on any atom is -0.365 e. The van der Waals surface area contributed by atoms with Crippen LogP contribution in [0.4, 0.5) is 4.39 Å². The van der Waals surface area contributed by atoms with Crippen molar-refractivity contribution in [3.63, 3.8) is 0 Å². The lowest BCUT2D eigenvalue weighted by atomic mass is 9.99. The van der Waals surface area contributed by atoms with Gasteiger partial charge in [-0.1, -0.05) is 42.5 Å². The number of hydrazone groups is 1. The molecule has 0 aromatic heterocycles. The van der Waals surface area contributed by atoms with E-state index in [0.717, 1.165) is 10.6 Å². The third-order valence-electron chi connectivity index (χ3n) is 3.66. The fourth-order valence-corrected chi connectivity index (χ4v) is 2.50. The number of carbonyl (C=O) groups is 1. The highest BCUT2D eigenvalue weighted by Crippen LogP contribution is 2.33. The maximum Gasteiger partial charge on any atom is 0.250 e. The first kappa shape index (κ1) is 14.4. The van der Waals surface area contributed by atoms with Gasteiger partial charge in [-0.3, -0.25) is 4.79 Å². The molecule has 0 fully saturated rings. The monoisotopic (exact) mass is 298 g/mol. The molecule has 2 aromatic rings. The molecule has 1 atom stereocenters. The van der Waals surface area contributed by atoms with Gasteiger partial charge >= 0.3 is 0 Å². The predicted molar refractivity (Wildman–Crippen MR) is 80.4 cm³/mol. The zero-order valence-electron chi connectivity index (χ0n) is 11.8. The Morgan fingerprint density at radius 1 is 1.18 bits per heavy atom. The molecule has 4 nitrogen and oxygen atoms in total. The Morgan fingerprint density at radius 2 is 1.86 bits per heavy atom. The normalized spacial score (nSPS) is 20.4. The quantitative estimate of drug-likeness (QED) is 0.946. The van der Waals surface area contributed by atoms with Crippen LogP contribution in [0.25, 0.3) is 0 Å². The molecule has 22 heavy (non-hydrogen) atoms. The molecule has 2 aromatic carbocycles. The average molecular weight is 298 g/mol. The van der Waals surface area contributed by atoms with Crippen LogP contribution < -0.4 is 0 Å². The van der Waals surface area contributed by atoms with Crippen LogP contribution >= 0.6 is 0 Å². The number of hydrogen-bond donors (Lipinski definition) is 1. The van der Waals surface area contributed by atoms with Gasteiger partial charge in [0.2, 0.25) is 5.91 Å². The zero-order chi connectivity index (χ0) is 15.6. The van der Waals surface area contributed by atoms with Gasteiger partial charge in [0.25, 0.3) is 0 Å². The number of carbonyl (C=O) groups excluding carboxylic acids is 1. The first-order valence-corrected chi connectivity index (χ1v) is 6.97. The van der Waals surface area contributed by atoms with Gasteiger partial charge in [0, 0.05) is 18.2 Å². The SMILES string of the molecule is O=C(Cc1ccccc1)N1N=CC[C@@]1(O)c1ccc(F)cc1. The van der Waals surface area contributed by atoms with E-state index in [0.29, 0.717) is 5.56 Å². The number of aliphatic hydroxyl groups is 1. The van der Waals surface area contributed by atoms with Gasteiger partial charge in [-0.25, -0.2) is 4.39 Å². The maximum absolute atomic E-state index is 13.0. The van der Waals surface area contributed by atoms with Gasteiger partial charge in [-0.15, -0.1) is 0 Å². The lowest BCUT2D eigenvalue weighted by Crippen LogP contribution is -2.44. The standard InChI is InChI=1S/C17H15FN2O2/c18-15-8-6-14(7-9-15)17(22)10-11-19-20(17)16(21)12-13-4-2-1-3-5-13/h1-9,11,22H,10,12H2/t17-/m1/s1. The molecule has 1 heterocycles. The number of hydrogen-bond acceptors (Lipinski definition) is 3. The van der Waals surface area contributed by atoms with E-state index in [4.69, 9.17) is 0 Å². The van der Waals surface area contributed by atoms with Crippen LogP contribution in [0.5, 0.6) is 0 Å². The van der Waals surface area contributed by atoms with E-state index >= 15 is 0 Å². The molecule has 0 unspecified atom stereocenters. The molecule has 0 aliphatic carbocycles. The highest BCUT2D eigenvalue weighted by molar-refractivity contribution is 5.82. The van der Waals surface area contributed by atoms with Gasteiger partial charge in [-0.05, 0) is 17.7 Å². The minimum absolute atomic E-state index is 0.141. The van der Waals surface area contributed by atoms with Crippen LogP contribution in [0.1, 0.15) is 17.5 Å². The lowest BCUT2D eigenvalue weighted by Gasteiger charge is -2.31. The van der Waals surface area contributed by atoms with E-state index in [1.165, 1.54) is 30.5 Å². The summed E-state index contributed by atoms with van der Waals surface area (Å²) in [6.07, 6.45) is 1.81. The van der Waals surface area contributed by atoms with Crippen molar-refractivity contribution in [2.24, 2.45) is 5.10 Å². The Labute approximate surface area is 127 Å². The molecule has 1 aliphatic rings. The van der Waals surface area contributed by atoms with Crippen molar-refractivity contribution >= 4 is 12.1 Å². The fraction of sp³-hybridized carbons (Fsp3) is 0.176. The summed E-state index contributed by atoms with van der Waals surface area (Å²) in [6.45, 7) is 0. The van der Waals surface area contributed by atoms with Crippen molar-refractivity contribution in [1.82, 2.24) is 5.01 Å². The van der Waals surface area contributed by atoms with E-state index < -0.39 is 11.5 Å². The summed E-state index contributed by atoms with van der Waals surface area (Å²) in [6, 6.07) is 14.7. The summed E-state index contributed by atoms with van der Waals surface area (Å²) >= 11 is 0. The van der Waals surface area contributed by atoms with Crippen molar-refractivity contribution in [2.75, 3.05) is 0 Å². The van der Waals surface area contributed by atoms with Gasteiger partial charge in [0.1, 0.15) is 5.82 Å². The summed E-state index contributed by atoms with van der Waals surface area (Å²) in [5.74, 6) is -0.708. The van der Waals surface area contributed by atoms with E-state index in [1.807, 2.05) is 30.3 Å². The number of nitrogens with zero attached hydrogens (tertiary/aromatic N) is 2. The summed E-state index contributed by atoms with van der Waals surface area (Å²) in [4.78, 5) is 12.4. The van der Waals surface area contributed by atoms with Gasteiger partial charge in [0.05, 0.1) is 6.42 Å². The van der Waals surface area contributed by atoms with Gasteiger partial charge in [-0.2, -0.15) is 10.1 Å². The molecule has 0 spiro atoms. The average Bonchev–Trinajstić information content (AvgIpc) is 2.92. The van der Waals surface area contributed by atoms with Crippen molar-refractivity contribution in [1.29, 1.82) is 0 Å². The third kappa shape index (κ3) is 2.63. The van der Waals surface area contributed by atoms with Crippen LogP contribution in [0.15, 0.2) is 59.7 Å². The van der Waals surface area contributed by atoms with E-state index in [9.17, 15) is 14.3 Å². The molecule has 1 amide bonds. The Bertz CT molecular complexity index is 700. The smallest absolute Gasteiger partial charge is 0.250 e. The van der Waals surface area contributed by atoms with Crippen molar-refractivity contribution in [2.45, 2.75) is 18.6 Å². The summed E-state index contributed by atoms with van der Waals surface area (Å²) in [5.41, 5.74) is -0.275. The van der Waals surface area contributed by atoms with E-state index in [1.54, 1.807) is 0 Å². The third-order valence-corrected chi connectivity index (χ3v) is 3.66. The van der Waals surface area contributed by atoms with Crippen LogP contribution in [0.3, 0.4) is 0 Å². The summed E-state index contributed by atoms with van der Waals surface area (Å²) in [7, 11) is 0. The molecule has 0 bridgehead atoms. The van der Waals surface area contributed by atoms with Crippen LogP contribution in [-0.4, -0.2) is 22.2 Å². The second kappa shape index (κ2) is 5.69. The molecule has 0 radical (unpaired) electrons. The van der Waals surface area contributed by atoms with Crippen molar-refractivity contribution in [3.8, 4) is 0 Å². The number of rotatable bonds is 3. The lowest BCUT2D eigenvalue weighted by molar-refractivity contribution is -0.157. The van der Waals surface area contributed by atoms with E-state index in [-0.39, 0.29) is 18.7 Å². The molecular weight excluding hydrogens is 283 g/mol. The molecule has 0 saturated carbocycles. The number of amides is 1. The Balaban J connectivity index is 1.84. The molecule has 1 N–H and O–H groups in total. The molecule has 0 saturated heterocycles. The second-order valence-electron chi connectivity index (χ2n) is 5.19. The van der Waals surface area contributed by atoms with E-state index in [2.05, 4.69) is 5.10 Å². The predicted octanol–water partition coefficient (Wildman–Crippen LogP) is 2.43. The highest BCUT2D eigenvalue weighted by Gasteiger charge is 2.42. The summed E-state index contributed by atoms with van der Waals surface area (Å²) in [5, 5.41) is 15.9. The first-order valence-electron chi connectivity index (χ1n) is 6.97. The molecule has 1 aliphatic heterocycles.